The van der Waals surface area contributed by atoms with Gasteiger partial charge >= 0.3 is 0 Å². The summed E-state index contributed by atoms with van der Waals surface area (Å²) in [6.07, 6.45) is 0. The number of nitrogens with zero attached hydrogens (tertiary/aromatic N) is 1. The summed E-state index contributed by atoms with van der Waals surface area (Å²) in [5.74, 6) is -0.0359. The summed E-state index contributed by atoms with van der Waals surface area (Å²) in [6, 6.07) is 18.0. The van der Waals surface area contributed by atoms with Gasteiger partial charge in [0.05, 0.1) is 0 Å². The molecule has 0 atom stereocenters. The molecule has 8 nitrogen and oxygen atoms in total. The molecular formula is C22H18BrN3O5. The lowest BCUT2D eigenvalue weighted by atomic mass is 10.1. The summed E-state index contributed by atoms with van der Waals surface area (Å²) < 4.78 is 12.5. The normalized spacial score (nSPS) is 10.3. The molecule has 2 amide bonds. The number of hydrogen-bond donors (Lipinski definition) is 3. The van der Waals surface area contributed by atoms with E-state index >= 15 is 0 Å². The molecule has 0 bridgehead atoms. The van der Waals surface area contributed by atoms with Crippen LogP contribution in [0.5, 0.6) is 23.0 Å². The maximum absolute atomic E-state index is 11.7. The summed E-state index contributed by atoms with van der Waals surface area (Å²) in [7, 11) is 0. The van der Waals surface area contributed by atoms with Crippen LogP contribution in [0.2, 0.25) is 0 Å². The number of amidine groups is 1. The van der Waals surface area contributed by atoms with Gasteiger partial charge in [-0.2, -0.15) is 5.06 Å². The number of primary amides is 1. The third-order valence-corrected chi connectivity index (χ3v) is 4.56. The van der Waals surface area contributed by atoms with Gasteiger partial charge in [-0.05, 0) is 54.6 Å². The van der Waals surface area contributed by atoms with Gasteiger partial charge in [0.1, 0.15) is 23.0 Å². The average molecular weight is 484 g/mol. The van der Waals surface area contributed by atoms with E-state index in [-0.39, 0.29) is 16.5 Å². The number of carbonyl (C=O) groups excluding carboxylic acids is 2. The molecule has 0 radical (unpaired) electrons. The number of hydroxylamine groups is 2. The van der Waals surface area contributed by atoms with Crippen LogP contribution in [0, 0.1) is 5.41 Å². The summed E-state index contributed by atoms with van der Waals surface area (Å²) in [5.41, 5.74) is 5.95. The van der Waals surface area contributed by atoms with Crippen molar-refractivity contribution in [1.29, 1.82) is 5.41 Å². The Morgan fingerprint density at radius 1 is 0.903 bits per heavy atom. The van der Waals surface area contributed by atoms with Gasteiger partial charge < -0.3 is 15.2 Å². The van der Waals surface area contributed by atoms with Crippen LogP contribution in [-0.4, -0.2) is 27.9 Å². The highest BCUT2D eigenvalue weighted by Gasteiger charge is 2.14. The van der Waals surface area contributed by atoms with E-state index < -0.39 is 11.8 Å². The number of rotatable bonds is 6. The zero-order valence-corrected chi connectivity index (χ0v) is 17.9. The fourth-order valence-corrected chi connectivity index (χ4v) is 2.97. The van der Waals surface area contributed by atoms with E-state index in [2.05, 4.69) is 15.9 Å². The number of ether oxygens (including phenoxy) is 2. The predicted molar refractivity (Wildman–Crippen MR) is 117 cm³/mol. The number of halogens is 1. The molecule has 0 aliphatic heterocycles. The fourth-order valence-electron chi connectivity index (χ4n) is 2.60. The molecule has 158 valence electrons. The molecule has 0 fully saturated rings. The molecule has 0 aliphatic rings. The molecule has 0 heterocycles. The minimum absolute atomic E-state index is 0.207. The highest BCUT2D eigenvalue weighted by Crippen LogP contribution is 2.31. The van der Waals surface area contributed by atoms with E-state index in [0.717, 1.165) is 11.4 Å². The average Bonchev–Trinajstić information content (AvgIpc) is 2.73. The van der Waals surface area contributed by atoms with E-state index in [1.54, 1.807) is 30.3 Å². The first kappa shape index (κ1) is 22.0. The molecule has 0 spiro atoms. The highest BCUT2D eigenvalue weighted by molar-refractivity contribution is 9.10. The lowest BCUT2D eigenvalue weighted by molar-refractivity contribution is -0.146. The topological polar surface area (TPSA) is 126 Å². The Morgan fingerprint density at radius 3 is 2.06 bits per heavy atom. The van der Waals surface area contributed by atoms with Crippen LogP contribution in [0.15, 0.2) is 71.2 Å². The SMILES string of the molecule is CC(=O)N(O)C(=N)c1ccc(Oc2cc(Oc3cccc(Br)c3)cc(C(N)=O)c2)cc1. The lowest BCUT2D eigenvalue weighted by Crippen LogP contribution is -2.31. The Labute approximate surface area is 186 Å². The van der Waals surface area contributed by atoms with Crippen molar-refractivity contribution in [2.75, 3.05) is 0 Å². The Morgan fingerprint density at radius 2 is 1.52 bits per heavy atom. The number of nitrogens with two attached hydrogens (primary N) is 1. The highest BCUT2D eigenvalue weighted by atomic mass is 79.9. The second-order valence-corrected chi connectivity index (χ2v) is 7.34. The first-order valence-corrected chi connectivity index (χ1v) is 9.77. The molecule has 3 aromatic carbocycles. The van der Waals surface area contributed by atoms with E-state index in [9.17, 15) is 14.8 Å². The maximum Gasteiger partial charge on any atom is 0.249 e. The molecular weight excluding hydrogens is 466 g/mol. The summed E-state index contributed by atoms with van der Waals surface area (Å²) in [5, 5.41) is 17.6. The minimum Gasteiger partial charge on any atom is -0.457 e. The van der Waals surface area contributed by atoms with Crippen molar-refractivity contribution in [1.82, 2.24) is 5.06 Å². The van der Waals surface area contributed by atoms with Crippen LogP contribution >= 0.6 is 15.9 Å². The zero-order valence-electron chi connectivity index (χ0n) is 16.3. The van der Waals surface area contributed by atoms with Gasteiger partial charge in [0.2, 0.25) is 11.8 Å². The third kappa shape index (κ3) is 5.68. The molecule has 9 heteroatoms. The number of nitrogens with one attached hydrogen (secondary N) is 1. The van der Waals surface area contributed by atoms with Gasteiger partial charge in [0.15, 0.2) is 5.84 Å². The molecule has 3 rings (SSSR count). The molecule has 0 aliphatic carbocycles. The van der Waals surface area contributed by atoms with Crippen molar-refractivity contribution in [2.24, 2.45) is 5.73 Å². The first-order valence-electron chi connectivity index (χ1n) is 8.97. The van der Waals surface area contributed by atoms with Crippen molar-refractivity contribution in [3.63, 3.8) is 0 Å². The largest absolute Gasteiger partial charge is 0.457 e. The molecule has 31 heavy (non-hydrogen) atoms. The Kier molecular flexibility index (Phi) is 6.68. The smallest absolute Gasteiger partial charge is 0.249 e. The van der Waals surface area contributed by atoms with Crippen molar-refractivity contribution in [3.8, 4) is 23.0 Å². The van der Waals surface area contributed by atoms with Crippen LogP contribution in [0.1, 0.15) is 22.8 Å². The summed E-state index contributed by atoms with van der Waals surface area (Å²) in [4.78, 5) is 22.9. The second-order valence-electron chi connectivity index (χ2n) is 6.42. The van der Waals surface area contributed by atoms with E-state index in [4.69, 9.17) is 20.6 Å². The molecule has 0 saturated heterocycles. The van der Waals surface area contributed by atoms with E-state index in [1.165, 1.54) is 24.3 Å². The molecule has 0 saturated carbocycles. The van der Waals surface area contributed by atoms with Gasteiger partial charge in [-0.1, -0.05) is 22.0 Å². The summed E-state index contributed by atoms with van der Waals surface area (Å²) in [6.45, 7) is 1.14. The van der Waals surface area contributed by atoms with Crippen molar-refractivity contribution in [3.05, 3.63) is 82.3 Å². The van der Waals surface area contributed by atoms with Crippen LogP contribution in [0.3, 0.4) is 0 Å². The predicted octanol–water partition coefficient (Wildman–Crippen LogP) is 4.70. The standard InChI is InChI=1S/C22H18BrN3O5/c1-13(27)26(29)21(24)14-5-7-17(8-6-14)30-19-9-15(22(25)28)10-20(12-19)31-18-4-2-3-16(23)11-18/h2-12,24,29H,1H3,(H2,25,28). The zero-order chi connectivity index (χ0) is 22.5. The minimum atomic E-state index is -0.674. The maximum atomic E-state index is 11.7. The van der Waals surface area contributed by atoms with Gasteiger partial charge in [0, 0.05) is 28.6 Å². The Bertz CT molecular complexity index is 1150. The number of amides is 2. The first-order chi connectivity index (χ1) is 14.7. The van der Waals surface area contributed by atoms with Crippen LogP contribution in [0.25, 0.3) is 0 Å². The fraction of sp³-hybridized carbons (Fsp3) is 0.0455. The Balaban J connectivity index is 1.83. The molecule has 0 aromatic heterocycles. The lowest BCUT2D eigenvalue weighted by Gasteiger charge is -2.14. The van der Waals surface area contributed by atoms with Crippen molar-refractivity contribution in [2.45, 2.75) is 6.92 Å². The van der Waals surface area contributed by atoms with Crippen molar-refractivity contribution < 1.29 is 24.3 Å². The third-order valence-electron chi connectivity index (χ3n) is 4.07. The second kappa shape index (κ2) is 9.41. The van der Waals surface area contributed by atoms with Crippen LogP contribution in [-0.2, 0) is 4.79 Å². The number of carbonyl (C=O) groups is 2. The summed E-state index contributed by atoms with van der Waals surface area (Å²) >= 11 is 3.37. The van der Waals surface area contributed by atoms with Gasteiger partial charge in [0.25, 0.3) is 0 Å². The van der Waals surface area contributed by atoms with Crippen LogP contribution in [0.4, 0.5) is 0 Å². The van der Waals surface area contributed by atoms with Crippen molar-refractivity contribution >= 4 is 33.6 Å². The number of hydrogen-bond acceptors (Lipinski definition) is 6. The van der Waals surface area contributed by atoms with Crippen LogP contribution < -0.4 is 15.2 Å². The quantitative estimate of drug-likeness (QED) is 0.203. The molecule has 4 N–H and O–H groups in total. The van der Waals surface area contributed by atoms with Gasteiger partial charge in [-0.25, -0.2) is 0 Å². The van der Waals surface area contributed by atoms with Gasteiger partial charge in [-0.15, -0.1) is 0 Å². The number of benzene rings is 3. The van der Waals surface area contributed by atoms with E-state index in [1.807, 2.05) is 12.1 Å². The Hall–Kier alpha value is -3.69. The molecule has 0 unspecified atom stereocenters. The van der Waals surface area contributed by atoms with E-state index in [0.29, 0.717) is 28.6 Å². The monoisotopic (exact) mass is 483 g/mol. The van der Waals surface area contributed by atoms with Gasteiger partial charge in [-0.3, -0.25) is 20.2 Å². The molecule has 3 aromatic rings.